The first kappa shape index (κ1) is 13.1. The van der Waals surface area contributed by atoms with Gasteiger partial charge in [0.25, 0.3) is 0 Å². The van der Waals surface area contributed by atoms with Crippen molar-refractivity contribution in [1.29, 1.82) is 0 Å². The molecule has 0 aliphatic rings. The van der Waals surface area contributed by atoms with Gasteiger partial charge in [-0.25, -0.2) is 0 Å². The highest BCUT2D eigenvalue weighted by atomic mass is 79.9. The number of aromatic nitrogens is 1. The second-order valence-corrected chi connectivity index (χ2v) is 5.02. The van der Waals surface area contributed by atoms with Crippen molar-refractivity contribution in [2.75, 3.05) is 0 Å². The molecule has 0 aliphatic carbocycles. The number of nitrogens with one attached hydrogen (secondary N) is 1. The van der Waals surface area contributed by atoms with E-state index in [0.717, 1.165) is 16.6 Å². The molecule has 0 unspecified atom stereocenters. The number of pyridine rings is 1. The molecule has 1 atom stereocenters. The third-order valence-electron chi connectivity index (χ3n) is 2.83. The van der Waals surface area contributed by atoms with Crippen LogP contribution in [0.5, 0.6) is 5.75 Å². The van der Waals surface area contributed by atoms with Crippen LogP contribution >= 0.6 is 15.9 Å². The van der Waals surface area contributed by atoms with Crippen molar-refractivity contribution in [1.82, 2.24) is 10.3 Å². The summed E-state index contributed by atoms with van der Waals surface area (Å²) in [5, 5.41) is 12.9. The van der Waals surface area contributed by atoms with Crippen LogP contribution in [0.2, 0.25) is 0 Å². The van der Waals surface area contributed by atoms with E-state index < -0.39 is 0 Å². The van der Waals surface area contributed by atoms with Crippen molar-refractivity contribution < 1.29 is 5.11 Å². The molecule has 2 rings (SSSR count). The van der Waals surface area contributed by atoms with Gasteiger partial charge in [-0.3, -0.25) is 4.98 Å². The van der Waals surface area contributed by atoms with Gasteiger partial charge in [-0.15, -0.1) is 0 Å². The minimum absolute atomic E-state index is 0.264. The van der Waals surface area contributed by atoms with E-state index in [9.17, 15) is 5.11 Å². The molecule has 0 fully saturated rings. The van der Waals surface area contributed by atoms with Gasteiger partial charge in [-0.2, -0.15) is 0 Å². The Morgan fingerprint density at radius 3 is 2.67 bits per heavy atom. The van der Waals surface area contributed by atoms with Crippen LogP contribution in [0.1, 0.15) is 24.1 Å². The number of rotatable bonds is 4. The molecule has 0 radical (unpaired) electrons. The number of halogens is 1. The molecule has 2 N–H and O–H groups in total. The first-order valence-electron chi connectivity index (χ1n) is 5.77. The highest BCUT2D eigenvalue weighted by Crippen LogP contribution is 2.24. The van der Waals surface area contributed by atoms with E-state index in [1.54, 1.807) is 18.5 Å². The molecule has 0 amide bonds. The van der Waals surface area contributed by atoms with Crippen LogP contribution in [0.15, 0.2) is 47.2 Å². The van der Waals surface area contributed by atoms with Gasteiger partial charge < -0.3 is 10.4 Å². The molecule has 0 saturated carbocycles. The second-order valence-electron chi connectivity index (χ2n) is 4.17. The van der Waals surface area contributed by atoms with Crippen molar-refractivity contribution in [2.24, 2.45) is 0 Å². The standard InChI is InChI=1S/C14H15BrN2O/c1-10(12-4-6-16-7-5-12)17-9-11-2-3-14(18)13(15)8-11/h2-8,10,17-18H,9H2,1H3/t10-/m1/s1. The summed E-state index contributed by atoms with van der Waals surface area (Å²) in [5.74, 6) is 0.265. The maximum atomic E-state index is 9.42. The summed E-state index contributed by atoms with van der Waals surface area (Å²) in [6.45, 7) is 2.87. The fourth-order valence-electron chi connectivity index (χ4n) is 1.70. The van der Waals surface area contributed by atoms with Crippen molar-refractivity contribution in [3.63, 3.8) is 0 Å². The fourth-order valence-corrected chi connectivity index (χ4v) is 2.13. The van der Waals surface area contributed by atoms with Crippen LogP contribution in [0, 0.1) is 0 Å². The summed E-state index contributed by atoms with van der Waals surface area (Å²) in [5.41, 5.74) is 2.34. The van der Waals surface area contributed by atoms with Crippen molar-refractivity contribution >= 4 is 15.9 Å². The molecule has 3 nitrogen and oxygen atoms in total. The third kappa shape index (κ3) is 3.31. The Morgan fingerprint density at radius 2 is 2.00 bits per heavy atom. The van der Waals surface area contributed by atoms with Crippen LogP contribution in [0.25, 0.3) is 0 Å². The lowest BCUT2D eigenvalue weighted by Crippen LogP contribution is -2.18. The summed E-state index contributed by atoms with van der Waals surface area (Å²) in [7, 11) is 0. The Kier molecular flexibility index (Phi) is 4.33. The largest absolute Gasteiger partial charge is 0.507 e. The van der Waals surface area contributed by atoms with Crippen molar-refractivity contribution in [3.8, 4) is 5.75 Å². The lowest BCUT2D eigenvalue weighted by molar-refractivity contribution is 0.471. The summed E-state index contributed by atoms with van der Waals surface area (Å²) in [6.07, 6.45) is 3.59. The quantitative estimate of drug-likeness (QED) is 0.910. The SMILES string of the molecule is C[C@@H](NCc1ccc(O)c(Br)c1)c1ccncc1. The molecule has 18 heavy (non-hydrogen) atoms. The number of aromatic hydroxyl groups is 1. The Balaban J connectivity index is 1.97. The molecule has 0 aliphatic heterocycles. The summed E-state index contributed by atoms with van der Waals surface area (Å²) < 4.78 is 0.721. The van der Waals surface area contributed by atoms with E-state index in [-0.39, 0.29) is 11.8 Å². The minimum Gasteiger partial charge on any atom is -0.507 e. The zero-order chi connectivity index (χ0) is 13.0. The molecule has 1 heterocycles. The molecule has 94 valence electrons. The van der Waals surface area contributed by atoms with E-state index in [2.05, 4.69) is 33.2 Å². The predicted octanol–water partition coefficient (Wildman–Crippen LogP) is 3.40. The monoisotopic (exact) mass is 306 g/mol. The predicted molar refractivity (Wildman–Crippen MR) is 75.3 cm³/mol. The summed E-state index contributed by atoms with van der Waals surface area (Å²) in [4.78, 5) is 4.01. The normalized spacial score (nSPS) is 12.3. The second kappa shape index (κ2) is 5.98. The third-order valence-corrected chi connectivity index (χ3v) is 3.47. The van der Waals surface area contributed by atoms with Gasteiger partial charge in [0.05, 0.1) is 4.47 Å². The Hall–Kier alpha value is -1.39. The van der Waals surface area contributed by atoms with Crippen molar-refractivity contribution in [2.45, 2.75) is 19.5 Å². The molecule has 0 saturated heterocycles. The summed E-state index contributed by atoms with van der Waals surface area (Å²) in [6, 6.07) is 9.79. The van der Waals surface area contributed by atoms with Gasteiger partial charge in [0, 0.05) is 25.0 Å². The average molecular weight is 307 g/mol. The Morgan fingerprint density at radius 1 is 1.28 bits per heavy atom. The van der Waals surface area contributed by atoms with Gasteiger partial charge in [-0.1, -0.05) is 6.07 Å². The van der Waals surface area contributed by atoms with E-state index in [0.29, 0.717) is 0 Å². The van der Waals surface area contributed by atoms with Gasteiger partial charge in [0.15, 0.2) is 0 Å². The molecular weight excluding hydrogens is 292 g/mol. The molecular formula is C14H15BrN2O. The van der Waals surface area contributed by atoms with Gasteiger partial charge >= 0.3 is 0 Å². The summed E-state index contributed by atoms with van der Waals surface area (Å²) >= 11 is 3.31. The number of phenolic OH excluding ortho intramolecular Hbond substituents is 1. The molecule has 0 spiro atoms. The Bertz CT molecular complexity index is 516. The van der Waals surface area contributed by atoms with E-state index in [1.165, 1.54) is 5.56 Å². The Labute approximate surface area is 115 Å². The highest BCUT2D eigenvalue weighted by molar-refractivity contribution is 9.10. The van der Waals surface area contributed by atoms with E-state index in [1.807, 2.05) is 24.3 Å². The lowest BCUT2D eigenvalue weighted by Gasteiger charge is -2.14. The number of hydrogen-bond acceptors (Lipinski definition) is 3. The molecule has 1 aromatic carbocycles. The van der Waals surface area contributed by atoms with Crippen LogP contribution in [-0.4, -0.2) is 10.1 Å². The van der Waals surface area contributed by atoms with Crippen LogP contribution in [-0.2, 0) is 6.54 Å². The molecule has 0 bridgehead atoms. The highest BCUT2D eigenvalue weighted by Gasteiger charge is 2.05. The van der Waals surface area contributed by atoms with Crippen LogP contribution < -0.4 is 5.32 Å². The average Bonchev–Trinajstić information content (AvgIpc) is 2.41. The smallest absolute Gasteiger partial charge is 0.129 e. The minimum atomic E-state index is 0.264. The topological polar surface area (TPSA) is 45.1 Å². The number of hydrogen-bond donors (Lipinski definition) is 2. The van der Waals surface area contributed by atoms with Gasteiger partial charge in [-0.05, 0) is 58.2 Å². The molecule has 1 aromatic heterocycles. The number of nitrogens with zero attached hydrogens (tertiary/aromatic N) is 1. The number of phenols is 1. The number of benzene rings is 1. The maximum Gasteiger partial charge on any atom is 0.129 e. The van der Waals surface area contributed by atoms with E-state index >= 15 is 0 Å². The zero-order valence-electron chi connectivity index (χ0n) is 10.1. The maximum absolute atomic E-state index is 9.42. The van der Waals surface area contributed by atoms with Crippen molar-refractivity contribution in [3.05, 3.63) is 58.3 Å². The van der Waals surface area contributed by atoms with Gasteiger partial charge in [0.2, 0.25) is 0 Å². The first-order valence-corrected chi connectivity index (χ1v) is 6.57. The lowest BCUT2D eigenvalue weighted by atomic mass is 10.1. The zero-order valence-corrected chi connectivity index (χ0v) is 11.7. The van der Waals surface area contributed by atoms with Crippen LogP contribution in [0.4, 0.5) is 0 Å². The fraction of sp³-hybridized carbons (Fsp3) is 0.214. The first-order chi connectivity index (χ1) is 8.66. The molecule has 4 heteroatoms. The van der Waals surface area contributed by atoms with E-state index in [4.69, 9.17) is 0 Å². The molecule has 2 aromatic rings. The van der Waals surface area contributed by atoms with Gasteiger partial charge in [0.1, 0.15) is 5.75 Å². The van der Waals surface area contributed by atoms with Crippen LogP contribution in [0.3, 0.4) is 0 Å².